The van der Waals surface area contributed by atoms with Crippen LogP contribution in [0, 0.1) is 5.95 Å². The van der Waals surface area contributed by atoms with E-state index in [1.54, 1.807) is 37.1 Å². The zero-order valence-corrected chi connectivity index (χ0v) is 20.5. The highest BCUT2D eigenvalue weighted by molar-refractivity contribution is 6.17. The van der Waals surface area contributed by atoms with E-state index in [9.17, 15) is 14.0 Å². The van der Waals surface area contributed by atoms with E-state index >= 15 is 0 Å². The van der Waals surface area contributed by atoms with Crippen molar-refractivity contribution in [3.8, 4) is 11.1 Å². The Morgan fingerprint density at radius 1 is 1.22 bits per heavy atom. The van der Waals surface area contributed by atoms with Crippen LogP contribution in [-0.2, 0) is 16.5 Å². The lowest BCUT2D eigenvalue weighted by Crippen LogP contribution is -2.35. The molecule has 1 amide bonds. The van der Waals surface area contributed by atoms with Crippen LogP contribution in [0.2, 0.25) is 0 Å². The van der Waals surface area contributed by atoms with Gasteiger partial charge in [0.2, 0.25) is 23.2 Å². The largest absolute Gasteiger partial charge is 0.449 e. The molecule has 4 aromatic heterocycles. The summed E-state index contributed by atoms with van der Waals surface area (Å²) in [5, 5.41) is 4.67. The van der Waals surface area contributed by atoms with Crippen molar-refractivity contribution in [2.45, 2.75) is 32.3 Å². The van der Waals surface area contributed by atoms with Gasteiger partial charge in [-0.25, -0.2) is 14.8 Å². The molecule has 1 aliphatic heterocycles. The van der Waals surface area contributed by atoms with Gasteiger partial charge in [-0.1, -0.05) is 0 Å². The van der Waals surface area contributed by atoms with Crippen molar-refractivity contribution in [2.75, 3.05) is 24.7 Å². The molecule has 0 N–H and O–H groups in total. The van der Waals surface area contributed by atoms with Gasteiger partial charge in [0.15, 0.2) is 0 Å². The number of amides is 1. The number of ketones is 1. The van der Waals surface area contributed by atoms with Crippen LogP contribution >= 0.6 is 0 Å². The number of ether oxygens (including phenoxy) is 2. The number of hydrogen-bond acceptors (Lipinski definition) is 8. The number of halogens is 1. The normalized spacial score (nSPS) is 15.3. The van der Waals surface area contributed by atoms with Gasteiger partial charge < -0.3 is 13.9 Å². The molecule has 0 aliphatic carbocycles. The minimum absolute atomic E-state index is 0.000351. The van der Waals surface area contributed by atoms with Crippen molar-refractivity contribution in [1.29, 1.82) is 0 Å². The molecule has 10 nitrogen and oxygen atoms in total. The molecule has 0 unspecified atom stereocenters. The monoisotopic (exact) mass is 507 g/mol. The molecule has 0 spiro atoms. The highest BCUT2D eigenvalue weighted by Gasteiger charge is 2.32. The van der Waals surface area contributed by atoms with Crippen molar-refractivity contribution in [1.82, 2.24) is 19.7 Å². The van der Waals surface area contributed by atoms with Crippen LogP contribution in [0.25, 0.3) is 22.2 Å². The van der Waals surface area contributed by atoms with E-state index in [0.717, 1.165) is 36.2 Å². The van der Waals surface area contributed by atoms with Gasteiger partial charge in [-0.3, -0.25) is 14.4 Å². The third-order valence-corrected chi connectivity index (χ3v) is 6.21. The second kappa shape index (κ2) is 10.5. The van der Waals surface area contributed by atoms with E-state index in [4.69, 9.17) is 13.9 Å². The van der Waals surface area contributed by atoms with E-state index in [1.807, 2.05) is 6.20 Å². The lowest BCUT2D eigenvalue weighted by atomic mass is 10.1. The third-order valence-electron chi connectivity index (χ3n) is 6.21. The summed E-state index contributed by atoms with van der Waals surface area (Å²) in [5.41, 5.74) is 2.05. The van der Waals surface area contributed by atoms with Gasteiger partial charge in [-0.15, -0.1) is 0 Å². The van der Waals surface area contributed by atoms with Crippen LogP contribution < -0.4 is 4.90 Å². The lowest BCUT2D eigenvalue weighted by molar-refractivity contribution is 0.101. The van der Waals surface area contributed by atoms with Gasteiger partial charge >= 0.3 is 6.09 Å². The molecule has 4 aromatic rings. The molecule has 1 aliphatic rings. The first-order valence-electron chi connectivity index (χ1n) is 12.1. The minimum Gasteiger partial charge on any atom is -0.449 e. The molecule has 0 aromatic carbocycles. The van der Waals surface area contributed by atoms with E-state index in [1.165, 1.54) is 11.0 Å². The van der Waals surface area contributed by atoms with Crippen LogP contribution in [0.3, 0.4) is 0 Å². The fourth-order valence-corrected chi connectivity index (χ4v) is 4.40. The SMILES string of the molecule is CCOC(=O)N(CC[C@@H]1CCCO1)c1c(C(=O)c2ccc(F)nc2)oc2ncc(-c3cnn(C)c3)cc12. The summed E-state index contributed by atoms with van der Waals surface area (Å²) in [6.45, 7) is 2.77. The van der Waals surface area contributed by atoms with Gasteiger partial charge in [0.05, 0.1) is 24.3 Å². The van der Waals surface area contributed by atoms with Gasteiger partial charge in [0.1, 0.15) is 5.69 Å². The molecule has 37 heavy (non-hydrogen) atoms. The van der Waals surface area contributed by atoms with Crippen molar-refractivity contribution in [3.63, 3.8) is 0 Å². The highest BCUT2D eigenvalue weighted by atomic mass is 19.1. The molecule has 1 saturated heterocycles. The predicted octanol–water partition coefficient (Wildman–Crippen LogP) is 4.53. The maximum atomic E-state index is 13.6. The standard InChI is InChI=1S/C26H26FN5O5/c1-3-35-26(34)32(9-8-19-5-4-10-36-19)22-20-11-17(18-14-30-31(2)15-18)13-29-25(20)37-24(22)23(33)16-6-7-21(27)28-12-16/h6-7,11-15,19H,3-5,8-10H2,1-2H3/t19-/m0/s1. The number of carbonyl (C=O) groups excluding carboxylic acids is 2. The van der Waals surface area contributed by atoms with Crippen molar-refractivity contribution >= 4 is 28.7 Å². The smallest absolute Gasteiger partial charge is 0.414 e. The number of aromatic nitrogens is 4. The predicted molar refractivity (Wildman–Crippen MR) is 132 cm³/mol. The molecule has 1 atom stereocenters. The van der Waals surface area contributed by atoms with Crippen LogP contribution in [-0.4, -0.2) is 57.5 Å². The summed E-state index contributed by atoms with van der Waals surface area (Å²) in [4.78, 5) is 36.2. The number of carbonyl (C=O) groups is 2. The number of rotatable bonds is 8. The number of aryl methyl sites for hydroxylation is 1. The first-order valence-corrected chi connectivity index (χ1v) is 12.1. The molecular weight excluding hydrogens is 481 g/mol. The Morgan fingerprint density at radius 2 is 2.08 bits per heavy atom. The van der Waals surface area contributed by atoms with Crippen molar-refractivity contribution in [2.24, 2.45) is 7.05 Å². The summed E-state index contributed by atoms with van der Waals surface area (Å²) < 4.78 is 32.1. The molecule has 5 heterocycles. The van der Waals surface area contributed by atoms with Gasteiger partial charge in [0, 0.05) is 55.5 Å². The number of pyridine rings is 2. The Balaban J connectivity index is 1.65. The Bertz CT molecular complexity index is 1430. The Labute approximate surface area is 212 Å². The number of nitrogens with zero attached hydrogens (tertiary/aromatic N) is 5. The molecule has 0 radical (unpaired) electrons. The zero-order chi connectivity index (χ0) is 25.9. The Hall–Kier alpha value is -4.12. The van der Waals surface area contributed by atoms with E-state index in [2.05, 4.69) is 15.1 Å². The maximum Gasteiger partial charge on any atom is 0.414 e. The molecule has 11 heteroatoms. The van der Waals surface area contributed by atoms with E-state index in [-0.39, 0.29) is 42.0 Å². The number of furan rings is 1. The Kier molecular flexibility index (Phi) is 6.95. The van der Waals surface area contributed by atoms with E-state index < -0.39 is 17.8 Å². The molecule has 0 bridgehead atoms. The zero-order valence-electron chi connectivity index (χ0n) is 20.5. The summed E-state index contributed by atoms with van der Waals surface area (Å²) in [5.74, 6) is -1.39. The molecule has 0 saturated carbocycles. The average molecular weight is 508 g/mol. The van der Waals surface area contributed by atoms with Crippen molar-refractivity contribution < 1.29 is 27.9 Å². The molecule has 192 valence electrons. The van der Waals surface area contributed by atoms with Crippen LogP contribution in [0.4, 0.5) is 14.9 Å². The number of anilines is 1. The highest BCUT2D eigenvalue weighted by Crippen LogP contribution is 2.37. The molecule has 1 fully saturated rings. The van der Waals surface area contributed by atoms with Gasteiger partial charge in [-0.05, 0) is 44.4 Å². The Morgan fingerprint density at radius 3 is 2.76 bits per heavy atom. The topological polar surface area (TPSA) is 113 Å². The summed E-state index contributed by atoms with van der Waals surface area (Å²) >= 11 is 0. The lowest BCUT2D eigenvalue weighted by Gasteiger charge is -2.23. The first kappa shape index (κ1) is 24.6. The number of hydrogen-bond donors (Lipinski definition) is 0. The first-order chi connectivity index (χ1) is 17.9. The molecule has 5 rings (SSSR count). The fourth-order valence-electron chi connectivity index (χ4n) is 4.40. The van der Waals surface area contributed by atoms with Gasteiger partial charge in [0.25, 0.3) is 0 Å². The van der Waals surface area contributed by atoms with Crippen LogP contribution in [0.15, 0.2) is 47.4 Å². The second-order valence-corrected chi connectivity index (χ2v) is 8.73. The van der Waals surface area contributed by atoms with Crippen molar-refractivity contribution in [3.05, 3.63) is 60.3 Å². The van der Waals surface area contributed by atoms with Gasteiger partial charge in [-0.2, -0.15) is 9.49 Å². The molecular formula is C26H26FN5O5. The van der Waals surface area contributed by atoms with Crippen LogP contribution in [0.5, 0.6) is 0 Å². The average Bonchev–Trinajstić information content (AvgIpc) is 3.65. The van der Waals surface area contributed by atoms with E-state index in [0.29, 0.717) is 18.4 Å². The second-order valence-electron chi connectivity index (χ2n) is 8.73. The summed E-state index contributed by atoms with van der Waals surface area (Å²) in [6.07, 6.45) is 8.04. The minimum atomic E-state index is -0.714. The quantitative estimate of drug-likeness (QED) is 0.253. The maximum absolute atomic E-state index is 13.6. The third kappa shape index (κ3) is 5.08. The summed E-state index contributed by atoms with van der Waals surface area (Å²) in [6, 6.07) is 4.21. The van der Waals surface area contributed by atoms with Crippen LogP contribution in [0.1, 0.15) is 42.3 Å². The fraction of sp³-hybridized carbons (Fsp3) is 0.346. The number of fused-ring (bicyclic) bond motifs is 1. The summed E-state index contributed by atoms with van der Waals surface area (Å²) in [7, 11) is 1.81.